The van der Waals surface area contributed by atoms with E-state index in [0.29, 0.717) is 22.8 Å². The molecule has 8 heteroatoms. The van der Waals surface area contributed by atoms with E-state index < -0.39 is 43.2 Å². The molecular weight excluding hydrogens is 448 g/mol. The van der Waals surface area contributed by atoms with Crippen molar-refractivity contribution >= 4 is 11.6 Å². The molecule has 2 aliphatic rings. The van der Waals surface area contributed by atoms with E-state index in [1.54, 1.807) is 18.2 Å². The van der Waals surface area contributed by atoms with Gasteiger partial charge in [-0.3, -0.25) is 0 Å². The Morgan fingerprint density at radius 3 is 2.33 bits per heavy atom. The van der Waals surface area contributed by atoms with Gasteiger partial charge in [-0.05, 0) is 60.6 Å². The minimum absolute atomic E-state index is 0.172. The fourth-order valence-electron chi connectivity index (χ4n) is 4.58. The van der Waals surface area contributed by atoms with E-state index in [4.69, 9.17) is 21.1 Å². The van der Waals surface area contributed by atoms with Gasteiger partial charge in [-0.15, -0.1) is 0 Å². The third-order valence-electron chi connectivity index (χ3n) is 6.56. The molecule has 2 aromatic rings. The molecule has 33 heavy (non-hydrogen) atoms. The van der Waals surface area contributed by atoms with E-state index >= 15 is 0 Å². The van der Waals surface area contributed by atoms with Gasteiger partial charge in [-0.2, -0.15) is 0 Å². The summed E-state index contributed by atoms with van der Waals surface area (Å²) in [6.07, 6.45) is -2.42. The number of aliphatic hydroxyl groups excluding tert-OH is 5. The topological polar surface area (TPSA) is 120 Å². The molecule has 0 aromatic heterocycles. The third kappa shape index (κ3) is 5.52. The first-order valence-corrected chi connectivity index (χ1v) is 11.8. The van der Waals surface area contributed by atoms with Crippen molar-refractivity contribution in [2.24, 2.45) is 0 Å². The second-order valence-electron chi connectivity index (χ2n) is 8.93. The van der Waals surface area contributed by atoms with Crippen LogP contribution >= 0.6 is 11.6 Å². The van der Waals surface area contributed by atoms with Crippen LogP contribution in [-0.2, 0) is 11.2 Å². The fraction of sp³-hybridized carbons (Fsp3) is 0.520. The summed E-state index contributed by atoms with van der Waals surface area (Å²) in [5.74, 6) is 0.714. The summed E-state index contributed by atoms with van der Waals surface area (Å²) in [4.78, 5) is 0. The van der Waals surface area contributed by atoms with Crippen molar-refractivity contribution in [2.75, 3.05) is 6.61 Å². The van der Waals surface area contributed by atoms with Crippen LogP contribution in [0.4, 0.5) is 0 Å². The Kier molecular flexibility index (Phi) is 7.91. The van der Waals surface area contributed by atoms with Crippen molar-refractivity contribution in [3.8, 4) is 5.75 Å². The predicted octanol–water partition coefficient (Wildman–Crippen LogP) is 2.13. The van der Waals surface area contributed by atoms with Gasteiger partial charge in [0.25, 0.3) is 0 Å². The molecule has 1 aliphatic heterocycles. The summed E-state index contributed by atoms with van der Waals surface area (Å²) < 4.78 is 11.6. The maximum absolute atomic E-state index is 10.4. The molecule has 2 fully saturated rings. The average Bonchev–Trinajstić information content (AvgIpc) is 2.82. The van der Waals surface area contributed by atoms with Gasteiger partial charge in [0.2, 0.25) is 0 Å². The highest BCUT2D eigenvalue weighted by atomic mass is 35.5. The summed E-state index contributed by atoms with van der Waals surface area (Å²) in [6, 6.07) is 12.9. The third-order valence-corrected chi connectivity index (χ3v) is 6.93. The van der Waals surface area contributed by atoms with Crippen molar-refractivity contribution in [2.45, 2.75) is 74.8 Å². The smallest absolute Gasteiger partial charge is 0.124 e. The Balaban J connectivity index is 1.47. The largest absolute Gasteiger partial charge is 0.488 e. The lowest BCUT2D eigenvalue weighted by atomic mass is 9.90. The molecule has 5 N–H and O–H groups in total. The summed E-state index contributed by atoms with van der Waals surface area (Å²) in [7, 11) is 0. The van der Waals surface area contributed by atoms with Crippen LogP contribution < -0.4 is 4.74 Å². The minimum Gasteiger partial charge on any atom is -0.488 e. The lowest BCUT2D eigenvalue weighted by molar-refractivity contribution is -0.231. The molecule has 7 nitrogen and oxygen atoms in total. The summed E-state index contributed by atoms with van der Waals surface area (Å²) in [5.41, 5.74) is 2.40. The van der Waals surface area contributed by atoms with E-state index in [-0.39, 0.29) is 6.10 Å². The Hall–Kier alpha value is -1.71. The van der Waals surface area contributed by atoms with Crippen LogP contribution in [0.2, 0.25) is 5.02 Å². The molecule has 1 saturated heterocycles. The zero-order valence-electron chi connectivity index (χ0n) is 18.3. The first-order chi connectivity index (χ1) is 15.9. The number of halogens is 1. The highest BCUT2D eigenvalue weighted by Crippen LogP contribution is 2.34. The van der Waals surface area contributed by atoms with Crippen molar-refractivity contribution < 1.29 is 35.0 Å². The molecule has 2 aromatic carbocycles. The van der Waals surface area contributed by atoms with Gasteiger partial charge < -0.3 is 35.0 Å². The van der Waals surface area contributed by atoms with Crippen LogP contribution in [0.1, 0.15) is 48.5 Å². The van der Waals surface area contributed by atoms with Crippen LogP contribution in [-0.4, -0.2) is 68.8 Å². The van der Waals surface area contributed by atoms with Gasteiger partial charge >= 0.3 is 0 Å². The first kappa shape index (κ1) is 24.4. The standard InChI is InChI=1S/C25H31ClO7/c26-18-10-7-15(25-24(31)23(30)22(29)21(13-27)33-25)12-16(18)11-14-5-8-17(9-6-14)32-20-4-2-1-3-19(20)28/h5-10,12,19-25,27-31H,1-4,11,13H2/t19?,20?,21-,22-,23+,24-,25+/m1/s1. The SMILES string of the molecule is OC[C@H]1O[C@@H](c2ccc(Cl)c(Cc3ccc(OC4CCCCC4O)cc3)c2)[C@H](O)[C@@H](O)[C@@H]1O. The molecule has 0 amide bonds. The number of hydrogen-bond acceptors (Lipinski definition) is 7. The van der Waals surface area contributed by atoms with Gasteiger partial charge in [-0.25, -0.2) is 0 Å². The molecular formula is C25H31ClO7. The number of ether oxygens (including phenoxy) is 2. The van der Waals surface area contributed by atoms with E-state index in [1.165, 1.54) is 0 Å². The maximum atomic E-state index is 10.4. The molecule has 4 rings (SSSR count). The fourth-order valence-corrected chi connectivity index (χ4v) is 4.76. The lowest BCUT2D eigenvalue weighted by Crippen LogP contribution is -2.55. The van der Waals surface area contributed by atoms with Crippen molar-refractivity contribution in [3.05, 3.63) is 64.2 Å². The van der Waals surface area contributed by atoms with E-state index in [0.717, 1.165) is 36.8 Å². The predicted molar refractivity (Wildman–Crippen MR) is 122 cm³/mol. The van der Waals surface area contributed by atoms with Gasteiger partial charge in [0.15, 0.2) is 0 Å². The number of hydrogen-bond donors (Lipinski definition) is 5. The Morgan fingerprint density at radius 1 is 0.909 bits per heavy atom. The second kappa shape index (κ2) is 10.7. The van der Waals surface area contributed by atoms with Crippen LogP contribution in [0.3, 0.4) is 0 Å². The first-order valence-electron chi connectivity index (χ1n) is 11.4. The van der Waals surface area contributed by atoms with Crippen LogP contribution in [0, 0.1) is 0 Å². The maximum Gasteiger partial charge on any atom is 0.124 e. The van der Waals surface area contributed by atoms with Crippen molar-refractivity contribution in [1.29, 1.82) is 0 Å². The molecule has 1 saturated carbocycles. The van der Waals surface area contributed by atoms with Gasteiger partial charge in [0.1, 0.15) is 42.4 Å². The Morgan fingerprint density at radius 2 is 1.64 bits per heavy atom. The minimum atomic E-state index is -1.43. The van der Waals surface area contributed by atoms with Gasteiger partial charge in [0.05, 0.1) is 12.7 Å². The number of benzene rings is 2. The quantitative estimate of drug-likeness (QED) is 0.431. The molecule has 0 bridgehead atoms. The molecule has 0 spiro atoms. The van der Waals surface area contributed by atoms with Crippen LogP contribution in [0.15, 0.2) is 42.5 Å². The Labute approximate surface area is 198 Å². The zero-order chi connectivity index (χ0) is 23.5. The van der Waals surface area contributed by atoms with Crippen molar-refractivity contribution in [3.63, 3.8) is 0 Å². The molecule has 1 heterocycles. The van der Waals surface area contributed by atoms with Crippen LogP contribution in [0.5, 0.6) is 5.75 Å². The van der Waals surface area contributed by atoms with E-state index in [1.807, 2.05) is 24.3 Å². The zero-order valence-corrected chi connectivity index (χ0v) is 19.0. The number of aliphatic hydroxyl groups is 5. The highest BCUT2D eigenvalue weighted by Gasteiger charge is 2.44. The monoisotopic (exact) mass is 478 g/mol. The van der Waals surface area contributed by atoms with Gasteiger partial charge in [0, 0.05) is 5.02 Å². The lowest BCUT2D eigenvalue weighted by Gasteiger charge is -2.40. The van der Waals surface area contributed by atoms with Crippen LogP contribution in [0.25, 0.3) is 0 Å². The second-order valence-corrected chi connectivity index (χ2v) is 9.34. The molecule has 0 radical (unpaired) electrons. The highest BCUT2D eigenvalue weighted by molar-refractivity contribution is 6.31. The summed E-state index contributed by atoms with van der Waals surface area (Å²) in [5, 5.41) is 50.7. The summed E-state index contributed by atoms with van der Waals surface area (Å²) >= 11 is 6.42. The molecule has 1 aliphatic carbocycles. The van der Waals surface area contributed by atoms with E-state index in [9.17, 15) is 25.5 Å². The number of rotatable bonds is 6. The van der Waals surface area contributed by atoms with Gasteiger partial charge in [-0.1, -0.05) is 42.3 Å². The Bertz CT molecular complexity index is 919. The molecule has 180 valence electrons. The molecule has 2 unspecified atom stereocenters. The normalized spacial score (nSPS) is 32.5. The van der Waals surface area contributed by atoms with E-state index in [2.05, 4.69) is 0 Å². The molecule has 7 atom stereocenters. The average molecular weight is 479 g/mol. The summed E-state index contributed by atoms with van der Waals surface area (Å²) in [6.45, 7) is -0.478. The van der Waals surface area contributed by atoms with Crippen molar-refractivity contribution in [1.82, 2.24) is 0 Å².